The molecular weight excluding hydrogens is 779 g/mol. The monoisotopic (exact) mass is 815 g/mol. The van der Waals surface area contributed by atoms with Gasteiger partial charge < -0.3 is 0 Å². The average Bonchev–Trinajstić information content (AvgIpc) is 4.01. The third kappa shape index (κ3) is 5.44. The molecule has 5 nitrogen and oxygen atoms in total. The fraction of sp³-hybridized carbons (Fsp3) is 0.0169. The minimum atomic E-state index is -0.499. The molecule has 11 aromatic rings. The highest BCUT2D eigenvalue weighted by Crippen LogP contribution is 2.63. The van der Waals surface area contributed by atoms with E-state index >= 15 is 0 Å². The number of aromatic nitrogens is 5. The summed E-state index contributed by atoms with van der Waals surface area (Å²) in [5, 5.41) is 0. The number of benzene rings is 9. The first kappa shape index (κ1) is 36.1. The molecule has 0 aliphatic heterocycles. The van der Waals surface area contributed by atoms with E-state index in [1.807, 2.05) is 36.4 Å². The highest BCUT2D eigenvalue weighted by atomic mass is 15.1. The van der Waals surface area contributed by atoms with Gasteiger partial charge >= 0.3 is 0 Å². The predicted molar refractivity (Wildman–Crippen MR) is 258 cm³/mol. The Morgan fingerprint density at radius 2 is 0.750 bits per heavy atom. The van der Waals surface area contributed by atoms with Crippen molar-refractivity contribution >= 4 is 11.0 Å². The number of rotatable bonds is 6. The number of imidazole rings is 1. The van der Waals surface area contributed by atoms with Gasteiger partial charge in [-0.15, -0.1) is 0 Å². The maximum absolute atomic E-state index is 5.19. The molecular formula is C59H37N5. The number of hydrogen-bond acceptors (Lipinski definition) is 4. The zero-order valence-electron chi connectivity index (χ0n) is 34.6. The van der Waals surface area contributed by atoms with E-state index in [0.717, 1.165) is 55.9 Å². The standard InChI is InChI=1S/C59H37N5/c1-4-17-38(18-5-1)55-61-56(39-19-6-2-7-20-39)63-57(62-55)42-32-34-52-48(37-42)46-26-11-13-28-50(46)59(52)49-27-12-10-25-45(49)47-36-41(31-33-51(47)59)40-21-16-22-43(35-40)58-60-53-29-14-15-30-54(53)64(58)44-23-8-3-9-24-44/h1-37H. The molecule has 0 saturated carbocycles. The molecule has 0 saturated heterocycles. The zero-order chi connectivity index (χ0) is 42.2. The molecule has 1 spiro atoms. The topological polar surface area (TPSA) is 56.5 Å². The van der Waals surface area contributed by atoms with Crippen molar-refractivity contribution < 1.29 is 0 Å². The maximum Gasteiger partial charge on any atom is 0.164 e. The fourth-order valence-electron chi connectivity index (χ4n) is 10.3. The van der Waals surface area contributed by atoms with Crippen LogP contribution in [0.15, 0.2) is 224 Å². The Kier molecular flexibility index (Phi) is 8.06. The second-order valence-corrected chi connectivity index (χ2v) is 16.6. The van der Waals surface area contributed by atoms with E-state index in [1.54, 1.807) is 0 Å². The van der Waals surface area contributed by atoms with Crippen molar-refractivity contribution in [2.24, 2.45) is 0 Å². The molecule has 13 rings (SSSR count). The molecule has 64 heavy (non-hydrogen) atoms. The van der Waals surface area contributed by atoms with Gasteiger partial charge in [-0.3, -0.25) is 4.57 Å². The number of hydrogen-bond donors (Lipinski definition) is 0. The second kappa shape index (κ2) is 14.3. The molecule has 0 bridgehead atoms. The van der Waals surface area contributed by atoms with Gasteiger partial charge in [0, 0.05) is 27.9 Å². The fourth-order valence-corrected chi connectivity index (χ4v) is 10.3. The zero-order valence-corrected chi connectivity index (χ0v) is 34.6. The highest BCUT2D eigenvalue weighted by molar-refractivity contribution is 5.97. The Bertz CT molecular complexity index is 3560. The summed E-state index contributed by atoms with van der Waals surface area (Å²) in [4.78, 5) is 20.4. The first-order valence-corrected chi connectivity index (χ1v) is 21.7. The number of para-hydroxylation sites is 3. The van der Waals surface area contributed by atoms with Gasteiger partial charge in [-0.25, -0.2) is 19.9 Å². The first-order valence-electron chi connectivity index (χ1n) is 21.7. The summed E-state index contributed by atoms with van der Waals surface area (Å²) in [6.07, 6.45) is 0. The minimum absolute atomic E-state index is 0.499. The van der Waals surface area contributed by atoms with E-state index < -0.39 is 5.41 Å². The van der Waals surface area contributed by atoms with Gasteiger partial charge in [-0.2, -0.15) is 0 Å². The Morgan fingerprint density at radius 3 is 1.39 bits per heavy atom. The lowest BCUT2D eigenvalue weighted by Gasteiger charge is -2.30. The van der Waals surface area contributed by atoms with E-state index in [2.05, 4.69) is 193 Å². The summed E-state index contributed by atoms with van der Waals surface area (Å²) in [6, 6.07) is 79.8. The van der Waals surface area contributed by atoms with Gasteiger partial charge in [0.15, 0.2) is 17.5 Å². The molecule has 9 aromatic carbocycles. The summed E-state index contributed by atoms with van der Waals surface area (Å²) in [5.74, 6) is 2.86. The minimum Gasteiger partial charge on any atom is -0.292 e. The summed E-state index contributed by atoms with van der Waals surface area (Å²) in [6.45, 7) is 0. The number of nitrogens with zero attached hydrogens (tertiary/aromatic N) is 5. The molecule has 5 heteroatoms. The van der Waals surface area contributed by atoms with Gasteiger partial charge in [0.25, 0.3) is 0 Å². The summed E-state index contributed by atoms with van der Waals surface area (Å²) >= 11 is 0. The predicted octanol–water partition coefficient (Wildman–Crippen LogP) is 13.9. The Labute approximate surface area is 370 Å². The van der Waals surface area contributed by atoms with E-state index in [-0.39, 0.29) is 0 Å². The molecule has 2 aliphatic rings. The molecule has 1 atom stereocenters. The van der Waals surface area contributed by atoms with Crippen LogP contribution in [0.25, 0.3) is 95.7 Å². The number of fused-ring (bicyclic) bond motifs is 11. The van der Waals surface area contributed by atoms with E-state index in [9.17, 15) is 0 Å². The Hall–Kier alpha value is -8.54. The third-order valence-corrected chi connectivity index (χ3v) is 13.1. The van der Waals surface area contributed by atoms with Crippen molar-refractivity contribution in [1.29, 1.82) is 0 Å². The normalized spacial score (nSPS) is 14.3. The second-order valence-electron chi connectivity index (χ2n) is 16.6. The molecule has 1 unspecified atom stereocenters. The van der Waals surface area contributed by atoms with Crippen molar-refractivity contribution in [2.75, 3.05) is 0 Å². The molecule has 0 N–H and O–H groups in total. The molecule has 0 amide bonds. The Balaban J connectivity index is 0.960. The van der Waals surface area contributed by atoms with Crippen LogP contribution in [0, 0.1) is 0 Å². The van der Waals surface area contributed by atoms with Crippen LogP contribution in [0.1, 0.15) is 22.3 Å². The third-order valence-electron chi connectivity index (χ3n) is 13.1. The molecule has 0 radical (unpaired) electrons. The van der Waals surface area contributed by atoms with Crippen molar-refractivity contribution in [3.8, 4) is 84.6 Å². The maximum atomic E-state index is 5.19. The van der Waals surface area contributed by atoms with Gasteiger partial charge in [0.05, 0.1) is 16.4 Å². The molecule has 2 heterocycles. The molecule has 0 fully saturated rings. The average molecular weight is 816 g/mol. The first-order chi connectivity index (χ1) is 31.7. The van der Waals surface area contributed by atoms with Crippen molar-refractivity contribution in [3.63, 3.8) is 0 Å². The van der Waals surface area contributed by atoms with Gasteiger partial charge in [-0.1, -0.05) is 182 Å². The summed E-state index contributed by atoms with van der Waals surface area (Å²) in [5.41, 5.74) is 18.9. The quantitative estimate of drug-likeness (QED) is 0.168. The van der Waals surface area contributed by atoms with Crippen LogP contribution < -0.4 is 0 Å². The lowest BCUT2D eigenvalue weighted by atomic mass is 9.70. The highest BCUT2D eigenvalue weighted by Gasteiger charge is 2.51. The molecule has 298 valence electrons. The van der Waals surface area contributed by atoms with Crippen LogP contribution in [0.4, 0.5) is 0 Å². The van der Waals surface area contributed by atoms with Crippen LogP contribution in [0.2, 0.25) is 0 Å². The largest absolute Gasteiger partial charge is 0.292 e. The van der Waals surface area contributed by atoms with Crippen LogP contribution in [-0.4, -0.2) is 24.5 Å². The summed E-state index contributed by atoms with van der Waals surface area (Å²) in [7, 11) is 0. The van der Waals surface area contributed by atoms with Crippen molar-refractivity contribution in [2.45, 2.75) is 5.41 Å². The van der Waals surface area contributed by atoms with Gasteiger partial charge in [-0.05, 0) is 98.1 Å². The lowest BCUT2D eigenvalue weighted by Crippen LogP contribution is -2.25. The van der Waals surface area contributed by atoms with E-state index in [1.165, 1.54) is 44.5 Å². The smallest absolute Gasteiger partial charge is 0.164 e. The van der Waals surface area contributed by atoms with Gasteiger partial charge in [0.2, 0.25) is 0 Å². The summed E-state index contributed by atoms with van der Waals surface area (Å²) < 4.78 is 2.27. The van der Waals surface area contributed by atoms with Crippen LogP contribution in [0.3, 0.4) is 0 Å². The lowest BCUT2D eigenvalue weighted by molar-refractivity contribution is 0.794. The van der Waals surface area contributed by atoms with Crippen molar-refractivity contribution in [1.82, 2.24) is 24.5 Å². The van der Waals surface area contributed by atoms with Crippen LogP contribution in [0.5, 0.6) is 0 Å². The van der Waals surface area contributed by atoms with Crippen LogP contribution in [-0.2, 0) is 5.41 Å². The van der Waals surface area contributed by atoms with Gasteiger partial charge in [0.1, 0.15) is 5.82 Å². The van der Waals surface area contributed by atoms with Crippen LogP contribution >= 0.6 is 0 Å². The van der Waals surface area contributed by atoms with Crippen molar-refractivity contribution in [3.05, 3.63) is 247 Å². The Morgan fingerprint density at radius 1 is 0.297 bits per heavy atom. The van der Waals surface area contributed by atoms with E-state index in [4.69, 9.17) is 19.9 Å². The SMILES string of the molecule is c1ccc(-c2nc(-c3ccccc3)nc(-c3ccc4c(c3)-c3ccccc3C43c4ccccc4-c4cc(-c5cccc(-c6nc7ccccc7n6-c6ccccc6)c5)ccc43)n2)cc1. The molecule has 2 aliphatic carbocycles. The molecule has 2 aromatic heterocycles. The van der Waals surface area contributed by atoms with E-state index in [0.29, 0.717) is 17.5 Å².